The van der Waals surface area contributed by atoms with Gasteiger partial charge in [0, 0.05) is 24.7 Å². The van der Waals surface area contributed by atoms with Crippen LogP contribution < -0.4 is 16.2 Å². The molecule has 3 rings (SSSR count). The third-order valence-electron chi connectivity index (χ3n) is 4.49. The topological polar surface area (TPSA) is 92.2 Å². The molecule has 0 aliphatic carbocycles. The van der Waals surface area contributed by atoms with E-state index >= 15 is 0 Å². The molecule has 0 atom stereocenters. The fraction of sp³-hybridized carbons (Fsp3) is 0.364. The molecule has 1 amide bonds. The van der Waals surface area contributed by atoms with Gasteiger partial charge < -0.3 is 15.5 Å². The number of likely N-dealkylation sites (N-methyl/N-ethyl adjacent to an activating group) is 1. The van der Waals surface area contributed by atoms with Gasteiger partial charge in [-0.2, -0.15) is 5.10 Å². The molecular formula is C22H30Cl2N6O2S. The van der Waals surface area contributed by atoms with Gasteiger partial charge in [-0.3, -0.25) is 9.59 Å². The minimum Gasteiger partial charge on any atom is -0.308 e. The predicted molar refractivity (Wildman–Crippen MR) is 140 cm³/mol. The van der Waals surface area contributed by atoms with Crippen molar-refractivity contribution in [3.63, 3.8) is 0 Å². The van der Waals surface area contributed by atoms with Crippen molar-refractivity contribution in [1.82, 2.24) is 25.0 Å². The zero-order chi connectivity index (χ0) is 22.4. The number of carbonyl (C=O) groups excluding carboxylic acids is 1. The number of halogens is 2. The highest BCUT2D eigenvalue weighted by molar-refractivity contribution is 7.19. The molecule has 0 bridgehead atoms. The number of aromatic nitrogens is 3. The summed E-state index contributed by atoms with van der Waals surface area (Å²) in [4.78, 5) is 32.0. The summed E-state index contributed by atoms with van der Waals surface area (Å²) in [5.41, 5.74) is 2.14. The molecule has 1 aromatic carbocycles. The van der Waals surface area contributed by atoms with Gasteiger partial charge in [0.05, 0.1) is 23.2 Å². The molecular weight excluding hydrogens is 483 g/mol. The van der Waals surface area contributed by atoms with E-state index in [-0.39, 0.29) is 48.9 Å². The number of nitrogens with one attached hydrogen (secondary N) is 2. The van der Waals surface area contributed by atoms with E-state index in [1.165, 1.54) is 22.1 Å². The van der Waals surface area contributed by atoms with E-state index < -0.39 is 0 Å². The molecule has 180 valence electrons. The Morgan fingerprint density at radius 3 is 2.45 bits per heavy atom. The third kappa shape index (κ3) is 7.90. The van der Waals surface area contributed by atoms with Crippen molar-refractivity contribution in [2.24, 2.45) is 0 Å². The first kappa shape index (κ1) is 28.7. The van der Waals surface area contributed by atoms with Crippen LogP contribution in [0.2, 0.25) is 0 Å². The van der Waals surface area contributed by atoms with Gasteiger partial charge in [0.25, 0.3) is 5.56 Å². The monoisotopic (exact) mass is 512 g/mol. The smallest absolute Gasteiger partial charge is 0.267 e. The van der Waals surface area contributed by atoms with Crippen molar-refractivity contribution < 1.29 is 4.79 Å². The summed E-state index contributed by atoms with van der Waals surface area (Å²) in [6.45, 7) is 5.61. The van der Waals surface area contributed by atoms with Crippen LogP contribution in [0.1, 0.15) is 19.9 Å². The largest absolute Gasteiger partial charge is 0.308 e. The summed E-state index contributed by atoms with van der Waals surface area (Å²) < 4.78 is 1.46. The maximum atomic E-state index is 12.4. The Labute approximate surface area is 210 Å². The second kappa shape index (κ2) is 13.4. The maximum absolute atomic E-state index is 12.4. The van der Waals surface area contributed by atoms with Crippen molar-refractivity contribution in [2.45, 2.75) is 19.9 Å². The maximum Gasteiger partial charge on any atom is 0.267 e. The Balaban J connectivity index is 0.00000272. The van der Waals surface area contributed by atoms with Crippen molar-refractivity contribution in [3.05, 3.63) is 52.8 Å². The van der Waals surface area contributed by atoms with E-state index in [1.807, 2.05) is 63.2 Å². The molecule has 8 nitrogen and oxygen atoms in total. The number of anilines is 1. The molecule has 33 heavy (non-hydrogen) atoms. The lowest BCUT2D eigenvalue weighted by atomic mass is 10.1. The van der Waals surface area contributed by atoms with Crippen molar-refractivity contribution in [3.8, 4) is 21.8 Å². The zero-order valence-corrected chi connectivity index (χ0v) is 21.5. The predicted octanol–water partition coefficient (Wildman–Crippen LogP) is 3.55. The quantitative estimate of drug-likeness (QED) is 0.426. The second-order valence-corrected chi connectivity index (χ2v) is 8.69. The SMILES string of the molecule is CC(C)n1nc(-c2sc(NC(=O)CNCCN(C)C)nc2-c2ccccc2)ccc1=O.Cl.Cl. The van der Waals surface area contributed by atoms with Crippen LogP contribution in [0, 0.1) is 0 Å². The van der Waals surface area contributed by atoms with Crippen LogP contribution in [0.15, 0.2) is 47.3 Å². The second-order valence-electron chi connectivity index (χ2n) is 7.69. The third-order valence-corrected chi connectivity index (χ3v) is 5.48. The van der Waals surface area contributed by atoms with Gasteiger partial charge in [-0.1, -0.05) is 41.7 Å². The summed E-state index contributed by atoms with van der Waals surface area (Å²) in [6, 6.07) is 12.9. The highest BCUT2D eigenvalue weighted by atomic mass is 35.5. The number of hydrogen-bond donors (Lipinski definition) is 2. The minimum absolute atomic E-state index is 0. The zero-order valence-electron chi connectivity index (χ0n) is 19.1. The Morgan fingerprint density at radius 2 is 1.82 bits per heavy atom. The van der Waals surface area contributed by atoms with Crippen LogP contribution in [-0.4, -0.2) is 59.3 Å². The molecule has 11 heteroatoms. The molecule has 0 spiro atoms. The van der Waals surface area contributed by atoms with Crippen LogP contribution in [0.5, 0.6) is 0 Å². The van der Waals surface area contributed by atoms with E-state index in [0.717, 1.165) is 29.2 Å². The lowest BCUT2D eigenvalue weighted by Gasteiger charge is -2.10. The first-order valence-electron chi connectivity index (χ1n) is 10.2. The molecule has 2 aromatic heterocycles. The summed E-state index contributed by atoms with van der Waals surface area (Å²) in [5.74, 6) is -0.154. The molecule has 0 saturated carbocycles. The Kier molecular flexibility index (Phi) is 11.7. The summed E-state index contributed by atoms with van der Waals surface area (Å²) in [6.07, 6.45) is 0. The minimum atomic E-state index is -0.154. The van der Waals surface area contributed by atoms with Gasteiger partial charge in [-0.05, 0) is 34.0 Å². The van der Waals surface area contributed by atoms with Gasteiger partial charge >= 0.3 is 0 Å². The van der Waals surface area contributed by atoms with E-state index in [9.17, 15) is 9.59 Å². The number of benzene rings is 1. The number of carbonyl (C=O) groups is 1. The molecule has 2 N–H and O–H groups in total. The van der Waals surface area contributed by atoms with Crippen molar-refractivity contribution in [2.75, 3.05) is 39.0 Å². The first-order valence-corrected chi connectivity index (χ1v) is 11.0. The Morgan fingerprint density at radius 1 is 1.12 bits per heavy atom. The van der Waals surface area contributed by atoms with Gasteiger partial charge in [0.2, 0.25) is 5.91 Å². The van der Waals surface area contributed by atoms with E-state index in [4.69, 9.17) is 0 Å². The normalized spacial score (nSPS) is 10.6. The Bertz CT molecular complexity index is 1090. The fourth-order valence-corrected chi connectivity index (χ4v) is 3.89. The van der Waals surface area contributed by atoms with E-state index in [0.29, 0.717) is 10.8 Å². The standard InChI is InChI=1S/C22H28N6O2S.2ClH/c1-15(2)28-19(30)11-10-17(26-28)21-20(16-8-6-5-7-9-16)25-22(31-21)24-18(29)14-23-12-13-27(3)4;;/h5-11,15,23H,12-14H2,1-4H3,(H,24,25,29);2*1H. The molecule has 2 heterocycles. The van der Waals surface area contributed by atoms with E-state index in [2.05, 4.69) is 20.7 Å². The molecule has 3 aromatic rings. The molecule has 0 aliphatic heterocycles. The molecule has 0 radical (unpaired) electrons. The number of thiazole rings is 1. The summed E-state index contributed by atoms with van der Waals surface area (Å²) >= 11 is 1.35. The number of amides is 1. The number of nitrogens with zero attached hydrogens (tertiary/aromatic N) is 4. The lowest BCUT2D eigenvalue weighted by Crippen LogP contribution is -2.33. The molecule has 0 saturated heterocycles. The molecule has 0 aliphatic rings. The van der Waals surface area contributed by atoms with Crippen LogP contribution in [0.3, 0.4) is 0 Å². The summed E-state index contributed by atoms with van der Waals surface area (Å²) in [7, 11) is 3.97. The van der Waals surface area contributed by atoms with Crippen LogP contribution in [0.4, 0.5) is 5.13 Å². The van der Waals surface area contributed by atoms with Gasteiger partial charge in [0.15, 0.2) is 5.13 Å². The highest BCUT2D eigenvalue weighted by Crippen LogP contribution is 2.37. The highest BCUT2D eigenvalue weighted by Gasteiger charge is 2.18. The van der Waals surface area contributed by atoms with Gasteiger partial charge in [-0.15, -0.1) is 24.8 Å². The number of rotatable bonds is 9. The lowest BCUT2D eigenvalue weighted by molar-refractivity contribution is -0.115. The van der Waals surface area contributed by atoms with Gasteiger partial charge in [0.1, 0.15) is 5.69 Å². The molecule has 0 unspecified atom stereocenters. The van der Waals surface area contributed by atoms with Crippen molar-refractivity contribution >= 4 is 47.2 Å². The fourth-order valence-electron chi connectivity index (χ4n) is 2.92. The molecule has 0 fully saturated rings. The van der Waals surface area contributed by atoms with E-state index in [1.54, 1.807) is 6.07 Å². The van der Waals surface area contributed by atoms with Crippen molar-refractivity contribution in [1.29, 1.82) is 0 Å². The van der Waals surface area contributed by atoms with Gasteiger partial charge in [-0.25, -0.2) is 9.67 Å². The van der Waals surface area contributed by atoms with Crippen LogP contribution in [0.25, 0.3) is 21.8 Å². The number of hydrogen-bond acceptors (Lipinski definition) is 7. The summed E-state index contributed by atoms with van der Waals surface area (Å²) in [5, 5.41) is 11.0. The van der Waals surface area contributed by atoms with Crippen LogP contribution >= 0.6 is 36.2 Å². The Hall–Kier alpha value is -2.30. The average molecular weight is 513 g/mol. The first-order chi connectivity index (χ1) is 14.8. The average Bonchev–Trinajstić information content (AvgIpc) is 3.15. The van der Waals surface area contributed by atoms with Crippen LogP contribution in [-0.2, 0) is 4.79 Å².